The van der Waals surface area contributed by atoms with E-state index >= 15 is 0 Å². The van der Waals surface area contributed by atoms with Crippen molar-refractivity contribution in [1.82, 2.24) is 9.62 Å². The topological polar surface area (TPSA) is 110 Å². The van der Waals surface area contributed by atoms with Crippen LogP contribution >= 0.6 is 0 Å². The van der Waals surface area contributed by atoms with Crippen LogP contribution in [0.15, 0.2) is 29.2 Å². The highest BCUT2D eigenvalue weighted by Gasteiger charge is 2.28. The number of rotatable bonds is 6. The van der Waals surface area contributed by atoms with Crippen molar-refractivity contribution < 1.29 is 31.9 Å². The SMILES string of the molecule is C[C@H](NS(=O)(=O)c1ccc(F)cc1)C(=O)OCC(=O)N1CCCC1=O. The van der Waals surface area contributed by atoms with Crippen LogP contribution in [0.4, 0.5) is 4.39 Å². The number of amides is 2. The molecule has 1 aromatic rings. The Morgan fingerprint density at radius 2 is 1.96 bits per heavy atom. The molecule has 0 aliphatic carbocycles. The number of sulfonamides is 1. The van der Waals surface area contributed by atoms with Crippen LogP contribution in [0.5, 0.6) is 0 Å². The fourth-order valence-corrected chi connectivity index (χ4v) is 3.40. The molecule has 1 aromatic carbocycles. The molecule has 1 aliphatic rings. The van der Waals surface area contributed by atoms with E-state index in [0.29, 0.717) is 6.42 Å². The molecule has 1 N–H and O–H groups in total. The lowest BCUT2D eigenvalue weighted by molar-refractivity contribution is -0.155. The first-order valence-corrected chi connectivity index (χ1v) is 8.97. The minimum atomic E-state index is -4.05. The summed E-state index contributed by atoms with van der Waals surface area (Å²) in [5, 5.41) is 0. The number of nitrogens with one attached hydrogen (secondary N) is 1. The van der Waals surface area contributed by atoms with Crippen LogP contribution in [-0.2, 0) is 29.1 Å². The van der Waals surface area contributed by atoms with Crippen LogP contribution in [0, 0.1) is 5.82 Å². The molecule has 0 unspecified atom stereocenters. The summed E-state index contributed by atoms with van der Waals surface area (Å²) in [6.45, 7) is 0.879. The molecule has 1 fully saturated rings. The highest BCUT2D eigenvalue weighted by molar-refractivity contribution is 7.89. The van der Waals surface area contributed by atoms with E-state index in [1.807, 2.05) is 0 Å². The first kappa shape index (κ1) is 19.0. The molecule has 2 amide bonds. The maximum Gasteiger partial charge on any atom is 0.324 e. The van der Waals surface area contributed by atoms with Gasteiger partial charge in [0.15, 0.2) is 6.61 Å². The zero-order valence-corrected chi connectivity index (χ0v) is 14.2. The van der Waals surface area contributed by atoms with Crippen molar-refractivity contribution in [2.75, 3.05) is 13.2 Å². The second-order valence-electron chi connectivity index (χ2n) is 5.45. The predicted molar refractivity (Wildman–Crippen MR) is 83.1 cm³/mol. The minimum Gasteiger partial charge on any atom is -0.454 e. The summed E-state index contributed by atoms with van der Waals surface area (Å²) in [6, 6.07) is 2.79. The van der Waals surface area contributed by atoms with Gasteiger partial charge in [-0.3, -0.25) is 19.3 Å². The fraction of sp³-hybridized carbons (Fsp3) is 0.400. The number of hydrogen-bond acceptors (Lipinski definition) is 6. The molecule has 0 saturated carbocycles. The van der Waals surface area contributed by atoms with Gasteiger partial charge in [-0.05, 0) is 37.6 Å². The molecule has 0 spiro atoms. The van der Waals surface area contributed by atoms with Crippen LogP contribution < -0.4 is 4.72 Å². The zero-order valence-electron chi connectivity index (χ0n) is 13.4. The molecular formula is C15H17FN2O6S. The quantitative estimate of drug-likeness (QED) is 0.714. The molecule has 1 saturated heterocycles. The van der Waals surface area contributed by atoms with Gasteiger partial charge in [0, 0.05) is 13.0 Å². The molecule has 1 aliphatic heterocycles. The molecule has 10 heteroatoms. The van der Waals surface area contributed by atoms with Gasteiger partial charge in [0.1, 0.15) is 11.9 Å². The summed E-state index contributed by atoms with van der Waals surface area (Å²) in [6.07, 6.45) is 0.833. The van der Waals surface area contributed by atoms with Gasteiger partial charge in [0.2, 0.25) is 15.9 Å². The number of benzene rings is 1. The summed E-state index contributed by atoms with van der Waals surface area (Å²) >= 11 is 0. The molecule has 136 valence electrons. The highest BCUT2D eigenvalue weighted by Crippen LogP contribution is 2.11. The first-order valence-electron chi connectivity index (χ1n) is 7.48. The van der Waals surface area contributed by atoms with Crippen LogP contribution in [0.2, 0.25) is 0 Å². The number of carbonyl (C=O) groups excluding carboxylic acids is 3. The molecule has 8 nitrogen and oxygen atoms in total. The van der Waals surface area contributed by atoms with E-state index in [1.54, 1.807) is 0 Å². The van der Waals surface area contributed by atoms with E-state index in [2.05, 4.69) is 4.72 Å². The van der Waals surface area contributed by atoms with Crippen LogP contribution in [0.3, 0.4) is 0 Å². The summed E-state index contributed by atoms with van der Waals surface area (Å²) < 4.78 is 43.9. The Kier molecular flexibility index (Phi) is 5.85. The third-order valence-electron chi connectivity index (χ3n) is 3.52. The lowest BCUT2D eigenvalue weighted by Crippen LogP contribution is -2.41. The number of imide groups is 1. The van der Waals surface area contributed by atoms with Gasteiger partial charge >= 0.3 is 5.97 Å². The number of halogens is 1. The Labute approximate surface area is 144 Å². The molecular weight excluding hydrogens is 355 g/mol. The van der Waals surface area contributed by atoms with Crippen molar-refractivity contribution >= 4 is 27.8 Å². The average molecular weight is 372 g/mol. The van der Waals surface area contributed by atoms with E-state index in [1.165, 1.54) is 6.92 Å². The lowest BCUT2D eigenvalue weighted by Gasteiger charge is -2.16. The van der Waals surface area contributed by atoms with E-state index < -0.39 is 40.4 Å². The van der Waals surface area contributed by atoms with E-state index in [9.17, 15) is 27.2 Å². The zero-order chi connectivity index (χ0) is 18.6. The molecule has 25 heavy (non-hydrogen) atoms. The lowest BCUT2D eigenvalue weighted by atomic mass is 10.4. The Morgan fingerprint density at radius 3 is 2.52 bits per heavy atom. The van der Waals surface area contributed by atoms with Gasteiger partial charge in [0.25, 0.3) is 5.91 Å². The standard InChI is InChI=1S/C15H17FN2O6S/c1-10(17-25(22,23)12-6-4-11(16)5-7-12)15(21)24-9-14(20)18-8-2-3-13(18)19/h4-7,10,17H,2-3,8-9H2,1H3/t10-/m0/s1. The molecule has 0 aromatic heterocycles. The number of esters is 1. The fourth-order valence-electron chi connectivity index (χ4n) is 2.21. The van der Waals surface area contributed by atoms with Gasteiger partial charge in [-0.1, -0.05) is 0 Å². The van der Waals surface area contributed by atoms with Gasteiger partial charge in [-0.2, -0.15) is 4.72 Å². The van der Waals surface area contributed by atoms with Crippen molar-refractivity contribution in [3.8, 4) is 0 Å². The van der Waals surface area contributed by atoms with Gasteiger partial charge in [-0.25, -0.2) is 12.8 Å². The second kappa shape index (κ2) is 7.70. The van der Waals surface area contributed by atoms with Crippen LogP contribution in [-0.4, -0.2) is 50.3 Å². The largest absolute Gasteiger partial charge is 0.454 e. The normalized spacial score (nSPS) is 15.9. The maximum absolute atomic E-state index is 12.8. The molecule has 2 rings (SSSR count). The predicted octanol–water partition coefficient (Wildman–Crippen LogP) is 0.185. The number of hydrogen-bond donors (Lipinski definition) is 1. The van der Waals surface area contributed by atoms with E-state index in [0.717, 1.165) is 29.2 Å². The van der Waals surface area contributed by atoms with E-state index in [4.69, 9.17) is 4.74 Å². The Bertz CT molecular complexity index is 778. The molecule has 1 atom stereocenters. The molecule has 0 bridgehead atoms. The maximum atomic E-state index is 12.8. The molecule has 0 radical (unpaired) electrons. The van der Waals surface area contributed by atoms with Crippen molar-refractivity contribution in [1.29, 1.82) is 0 Å². The monoisotopic (exact) mass is 372 g/mol. The van der Waals surface area contributed by atoms with Crippen molar-refractivity contribution in [2.45, 2.75) is 30.7 Å². The number of ether oxygens (including phenoxy) is 1. The number of likely N-dealkylation sites (tertiary alicyclic amines) is 1. The Balaban J connectivity index is 1.90. The number of nitrogens with zero attached hydrogens (tertiary/aromatic N) is 1. The minimum absolute atomic E-state index is 0.215. The van der Waals surface area contributed by atoms with Crippen molar-refractivity contribution in [3.63, 3.8) is 0 Å². The van der Waals surface area contributed by atoms with Gasteiger partial charge < -0.3 is 4.74 Å². The van der Waals surface area contributed by atoms with Crippen molar-refractivity contribution in [3.05, 3.63) is 30.1 Å². The second-order valence-corrected chi connectivity index (χ2v) is 7.16. The first-order chi connectivity index (χ1) is 11.7. The Morgan fingerprint density at radius 1 is 1.32 bits per heavy atom. The Hall–Kier alpha value is -2.33. The van der Waals surface area contributed by atoms with Crippen molar-refractivity contribution in [2.24, 2.45) is 0 Å². The molecule has 1 heterocycles. The van der Waals surface area contributed by atoms with Crippen LogP contribution in [0.1, 0.15) is 19.8 Å². The smallest absolute Gasteiger partial charge is 0.324 e. The highest BCUT2D eigenvalue weighted by atomic mass is 32.2. The number of carbonyl (C=O) groups is 3. The van der Waals surface area contributed by atoms with Gasteiger partial charge in [0.05, 0.1) is 4.90 Å². The van der Waals surface area contributed by atoms with Crippen LogP contribution in [0.25, 0.3) is 0 Å². The third kappa shape index (κ3) is 4.83. The summed E-state index contributed by atoms with van der Waals surface area (Å²) in [7, 11) is -4.05. The van der Waals surface area contributed by atoms with Gasteiger partial charge in [-0.15, -0.1) is 0 Å². The average Bonchev–Trinajstić information content (AvgIpc) is 2.98. The van der Waals surface area contributed by atoms with E-state index in [-0.39, 0.29) is 23.8 Å². The third-order valence-corrected chi connectivity index (χ3v) is 5.08. The summed E-state index contributed by atoms with van der Waals surface area (Å²) in [4.78, 5) is 35.8. The summed E-state index contributed by atoms with van der Waals surface area (Å²) in [5.74, 6) is -2.54. The summed E-state index contributed by atoms with van der Waals surface area (Å²) in [5.41, 5.74) is 0.